The van der Waals surface area contributed by atoms with E-state index in [-0.39, 0.29) is 16.7 Å². The molecular formula is C22H24F3NO4S. The van der Waals surface area contributed by atoms with Gasteiger partial charge in [-0.2, -0.15) is 0 Å². The molecule has 1 amide bonds. The molecule has 1 aliphatic rings. The molecule has 0 spiro atoms. The van der Waals surface area contributed by atoms with Gasteiger partial charge >= 0.3 is 6.36 Å². The van der Waals surface area contributed by atoms with Crippen LogP contribution in [-0.4, -0.2) is 43.4 Å². The van der Waals surface area contributed by atoms with Gasteiger partial charge in [-0.1, -0.05) is 24.3 Å². The highest BCUT2D eigenvalue weighted by Gasteiger charge is 2.44. The number of carbonyl (C=O) groups is 1. The average molecular weight is 455 g/mol. The third-order valence-electron chi connectivity index (χ3n) is 5.83. The van der Waals surface area contributed by atoms with E-state index >= 15 is 0 Å². The van der Waals surface area contributed by atoms with Gasteiger partial charge in [0, 0.05) is 18.7 Å². The van der Waals surface area contributed by atoms with Gasteiger partial charge in [0.15, 0.2) is 9.84 Å². The standard InChI is InChI=1S/C22H24F3NO4S/c1-21(2,31(28,29)19-10-6-9-18(15-19)30-22(23,24)25)17-11-13-26(14-12-17)20(27)16-7-4-3-5-8-16/h3-10,15,17H,11-14H2,1-2H3. The minimum absolute atomic E-state index is 0.100. The SMILES string of the molecule is CC(C)(C1CCN(C(=O)c2ccccc2)CC1)S(=O)(=O)c1cccc(OC(F)(F)F)c1. The number of sulfone groups is 1. The number of amides is 1. The number of ether oxygens (including phenoxy) is 1. The van der Waals surface area contributed by atoms with Crippen molar-refractivity contribution >= 4 is 15.7 Å². The lowest BCUT2D eigenvalue weighted by molar-refractivity contribution is -0.274. The zero-order valence-corrected chi connectivity index (χ0v) is 18.0. The molecular weight excluding hydrogens is 431 g/mol. The maximum Gasteiger partial charge on any atom is 0.573 e. The molecule has 0 unspecified atom stereocenters. The molecule has 5 nitrogen and oxygen atoms in total. The first-order chi connectivity index (χ1) is 14.4. The van der Waals surface area contributed by atoms with Gasteiger partial charge in [-0.25, -0.2) is 8.42 Å². The fourth-order valence-electron chi connectivity index (χ4n) is 3.90. The third-order valence-corrected chi connectivity index (χ3v) is 8.42. The van der Waals surface area contributed by atoms with Crippen molar-refractivity contribution in [3.63, 3.8) is 0 Å². The van der Waals surface area contributed by atoms with Gasteiger partial charge in [0.1, 0.15) is 5.75 Å². The number of alkyl halides is 3. The van der Waals surface area contributed by atoms with Crippen LogP contribution in [0, 0.1) is 5.92 Å². The molecule has 2 aromatic carbocycles. The highest BCUT2D eigenvalue weighted by Crippen LogP contribution is 2.39. The number of rotatable bonds is 5. The Morgan fingerprint density at radius 3 is 2.19 bits per heavy atom. The minimum atomic E-state index is -4.91. The Hall–Kier alpha value is -2.55. The number of halogens is 3. The van der Waals surface area contributed by atoms with Crippen molar-refractivity contribution in [1.29, 1.82) is 0 Å². The zero-order valence-electron chi connectivity index (χ0n) is 17.2. The molecule has 1 heterocycles. The monoisotopic (exact) mass is 455 g/mol. The van der Waals surface area contributed by atoms with Crippen molar-refractivity contribution in [3.8, 4) is 5.75 Å². The fourth-order valence-corrected chi connectivity index (χ4v) is 5.71. The van der Waals surface area contributed by atoms with E-state index in [1.165, 1.54) is 12.1 Å². The van der Waals surface area contributed by atoms with Crippen LogP contribution in [0.1, 0.15) is 37.0 Å². The van der Waals surface area contributed by atoms with E-state index in [1.54, 1.807) is 43.0 Å². The lowest BCUT2D eigenvalue weighted by Crippen LogP contribution is -2.47. The van der Waals surface area contributed by atoms with Crippen LogP contribution in [0.2, 0.25) is 0 Å². The van der Waals surface area contributed by atoms with Crippen molar-refractivity contribution in [3.05, 3.63) is 60.2 Å². The number of benzene rings is 2. The van der Waals surface area contributed by atoms with E-state index < -0.39 is 26.7 Å². The molecule has 0 radical (unpaired) electrons. The molecule has 0 saturated carbocycles. The summed E-state index contributed by atoms with van der Waals surface area (Å²) >= 11 is 0. The number of hydrogen-bond donors (Lipinski definition) is 0. The predicted octanol–water partition coefficient (Wildman–Crippen LogP) is 4.69. The van der Waals surface area contributed by atoms with Crippen LogP contribution in [0.25, 0.3) is 0 Å². The van der Waals surface area contributed by atoms with Gasteiger partial charge in [0.2, 0.25) is 0 Å². The summed E-state index contributed by atoms with van der Waals surface area (Å²) in [5.41, 5.74) is 0.578. The first kappa shape index (κ1) is 23.1. The summed E-state index contributed by atoms with van der Waals surface area (Å²) in [4.78, 5) is 14.1. The Kier molecular flexibility index (Phi) is 6.36. The molecule has 1 aliphatic heterocycles. The first-order valence-corrected chi connectivity index (χ1v) is 11.3. The van der Waals surface area contributed by atoms with Gasteiger partial charge in [-0.15, -0.1) is 13.2 Å². The number of carbonyl (C=O) groups excluding carboxylic acids is 1. The Morgan fingerprint density at radius 2 is 1.61 bits per heavy atom. The maximum atomic E-state index is 13.3. The van der Waals surface area contributed by atoms with E-state index in [0.29, 0.717) is 31.5 Å². The molecule has 0 atom stereocenters. The number of likely N-dealkylation sites (tertiary alicyclic amines) is 1. The van der Waals surface area contributed by atoms with Crippen LogP contribution in [-0.2, 0) is 9.84 Å². The molecule has 168 valence electrons. The third kappa shape index (κ3) is 5.03. The molecule has 0 aliphatic carbocycles. The number of piperidine rings is 1. The molecule has 0 aromatic heterocycles. The van der Waals surface area contributed by atoms with Crippen molar-refractivity contribution in [1.82, 2.24) is 4.90 Å². The van der Waals surface area contributed by atoms with Crippen LogP contribution in [0.5, 0.6) is 5.75 Å². The Morgan fingerprint density at radius 1 is 1.00 bits per heavy atom. The van der Waals surface area contributed by atoms with Crippen molar-refractivity contribution in [2.24, 2.45) is 5.92 Å². The van der Waals surface area contributed by atoms with E-state index in [1.807, 2.05) is 6.07 Å². The normalized spacial score (nSPS) is 16.2. The second-order valence-electron chi connectivity index (χ2n) is 8.06. The van der Waals surface area contributed by atoms with Crippen LogP contribution >= 0.6 is 0 Å². The van der Waals surface area contributed by atoms with Crippen LogP contribution in [0.15, 0.2) is 59.5 Å². The summed E-state index contributed by atoms with van der Waals surface area (Å²) in [7, 11) is -3.96. The van der Waals surface area contributed by atoms with Crippen molar-refractivity contribution < 1.29 is 31.1 Å². The zero-order chi connectivity index (χ0) is 22.9. The average Bonchev–Trinajstić information content (AvgIpc) is 2.73. The van der Waals surface area contributed by atoms with Gasteiger partial charge in [-0.3, -0.25) is 4.79 Å². The Balaban J connectivity index is 1.74. The van der Waals surface area contributed by atoms with E-state index in [0.717, 1.165) is 12.1 Å². The highest BCUT2D eigenvalue weighted by molar-refractivity contribution is 7.92. The summed E-state index contributed by atoms with van der Waals surface area (Å²) in [6.45, 7) is 3.99. The molecule has 31 heavy (non-hydrogen) atoms. The Bertz CT molecular complexity index is 1030. The molecule has 2 aromatic rings. The first-order valence-electron chi connectivity index (χ1n) is 9.86. The summed E-state index contributed by atoms with van der Waals surface area (Å²) in [6, 6.07) is 13.3. The molecule has 1 saturated heterocycles. The van der Waals surface area contributed by atoms with E-state index in [4.69, 9.17) is 0 Å². The summed E-state index contributed by atoms with van der Waals surface area (Å²) in [6.07, 6.45) is -3.96. The highest BCUT2D eigenvalue weighted by atomic mass is 32.2. The van der Waals surface area contributed by atoms with Crippen molar-refractivity contribution in [2.45, 2.75) is 42.7 Å². The van der Waals surface area contributed by atoms with E-state index in [2.05, 4.69) is 4.74 Å². The lowest BCUT2D eigenvalue weighted by Gasteiger charge is -2.40. The fraction of sp³-hybridized carbons (Fsp3) is 0.409. The quantitative estimate of drug-likeness (QED) is 0.656. The molecule has 3 rings (SSSR count). The lowest BCUT2D eigenvalue weighted by atomic mass is 9.85. The second-order valence-corrected chi connectivity index (χ2v) is 10.6. The van der Waals surface area contributed by atoms with Crippen LogP contribution in [0.4, 0.5) is 13.2 Å². The maximum absolute atomic E-state index is 13.3. The minimum Gasteiger partial charge on any atom is -0.406 e. The Labute approximate surface area is 179 Å². The van der Waals surface area contributed by atoms with Crippen molar-refractivity contribution in [2.75, 3.05) is 13.1 Å². The summed E-state index contributed by atoms with van der Waals surface area (Å²) in [5.74, 6) is -0.936. The van der Waals surface area contributed by atoms with Crippen LogP contribution in [0.3, 0.4) is 0 Å². The smallest absolute Gasteiger partial charge is 0.406 e. The van der Waals surface area contributed by atoms with Gasteiger partial charge < -0.3 is 9.64 Å². The van der Waals surface area contributed by atoms with Crippen LogP contribution < -0.4 is 4.74 Å². The second kappa shape index (κ2) is 8.53. The van der Waals surface area contributed by atoms with Gasteiger partial charge in [-0.05, 0) is 62.9 Å². The van der Waals surface area contributed by atoms with Gasteiger partial charge in [0.05, 0.1) is 9.64 Å². The van der Waals surface area contributed by atoms with E-state index in [9.17, 15) is 26.4 Å². The predicted molar refractivity (Wildman–Crippen MR) is 109 cm³/mol. The topological polar surface area (TPSA) is 63.7 Å². The molecule has 9 heteroatoms. The largest absolute Gasteiger partial charge is 0.573 e. The number of hydrogen-bond acceptors (Lipinski definition) is 4. The summed E-state index contributed by atoms with van der Waals surface area (Å²) < 4.78 is 66.8. The molecule has 1 fully saturated rings. The summed E-state index contributed by atoms with van der Waals surface area (Å²) in [5, 5.41) is 0. The number of nitrogens with zero attached hydrogens (tertiary/aromatic N) is 1. The van der Waals surface area contributed by atoms with Gasteiger partial charge in [0.25, 0.3) is 5.91 Å². The molecule has 0 bridgehead atoms. The molecule has 0 N–H and O–H groups in total.